The van der Waals surface area contributed by atoms with E-state index in [1.165, 1.54) is 5.56 Å². The minimum atomic E-state index is 0.366. The number of nitrogens with zero attached hydrogens (tertiary/aromatic N) is 3. The first-order chi connectivity index (χ1) is 12.9. The molecule has 1 aliphatic heterocycles. The van der Waals surface area contributed by atoms with Gasteiger partial charge in [-0.15, -0.1) is 0 Å². The zero-order valence-corrected chi connectivity index (χ0v) is 14.4. The summed E-state index contributed by atoms with van der Waals surface area (Å²) in [7, 11) is 0. The van der Waals surface area contributed by atoms with Crippen molar-refractivity contribution < 1.29 is 4.42 Å². The molecule has 0 unspecified atom stereocenters. The average molecular weight is 344 g/mol. The van der Waals surface area contributed by atoms with E-state index >= 15 is 0 Å². The molecule has 1 fully saturated rings. The Labute approximate surface area is 151 Å². The molecule has 1 saturated heterocycles. The second-order valence-corrected chi connectivity index (χ2v) is 6.85. The maximum Gasteiger partial charge on any atom is 0.196 e. The molecule has 0 radical (unpaired) electrons. The molecule has 0 spiro atoms. The van der Waals surface area contributed by atoms with Gasteiger partial charge < -0.3 is 9.73 Å². The number of likely N-dealkylation sites (tertiary alicyclic amines) is 1. The Bertz CT molecular complexity index is 1040. The zero-order valence-electron chi connectivity index (χ0n) is 14.4. The molecule has 1 N–H and O–H groups in total. The van der Waals surface area contributed by atoms with E-state index in [4.69, 9.17) is 4.42 Å². The third-order valence-corrected chi connectivity index (χ3v) is 5.02. The molecule has 0 saturated carbocycles. The van der Waals surface area contributed by atoms with Gasteiger partial charge in [-0.2, -0.15) is 0 Å². The third-order valence-electron chi connectivity index (χ3n) is 5.02. The Hall–Kier alpha value is -2.92. The molecule has 130 valence electrons. The van der Waals surface area contributed by atoms with Crippen LogP contribution in [0.2, 0.25) is 0 Å². The molecule has 4 aromatic rings. The molecule has 5 rings (SSSR count). The van der Waals surface area contributed by atoms with Crippen LogP contribution in [-0.4, -0.2) is 34.0 Å². The topological polar surface area (TPSA) is 54.2 Å². The van der Waals surface area contributed by atoms with Gasteiger partial charge in [0, 0.05) is 31.1 Å². The SMILES string of the molecule is c1ccc(CN2CC[C@H](Nc3ncnc4c3oc3ccccc34)C2)cc1. The highest BCUT2D eigenvalue weighted by atomic mass is 16.3. The number of furan rings is 1. The fourth-order valence-electron chi connectivity index (χ4n) is 3.76. The minimum Gasteiger partial charge on any atom is -0.450 e. The van der Waals surface area contributed by atoms with Crippen molar-refractivity contribution in [1.29, 1.82) is 0 Å². The molecule has 26 heavy (non-hydrogen) atoms. The van der Waals surface area contributed by atoms with E-state index < -0.39 is 0 Å². The summed E-state index contributed by atoms with van der Waals surface area (Å²) >= 11 is 0. The molecule has 0 bridgehead atoms. The summed E-state index contributed by atoms with van der Waals surface area (Å²) < 4.78 is 6.02. The second-order valence-electron chi connectivity index (χ2n) is 6.85. The Morgan fingerprint density at radius 3 is 2.81 bits per heavy atom. The average Bonchev–Trinajstić information content (AvgIpc) is 3.27. The van der Waals surface area contributed by atoms with E-state index in [1.807, 2.05) is 24.3 Å². The van der Waals surface area contributed by atoms with Crippen molar-refractivity contribution in [3.63, 3.8) is 0 Å². The predicted octanol–water partition coefficient (Wildman–Crippen LogP) is 4.06. The van der Waals surface area contributed by atoms with Crippen LogP contribution in [0, 0.1) is 0 Å². The predicted molar refractivity (Wildman–Crippen MR) is 103 cm³/mol. The molecular formula is C21H20N4O. The van der Waals surface area contributed by atoms with Gasteiger partial charge in [-0.05, 0) is 24.1 Å². The van der Waals surface area contributed by atoms with Crippen LogP contribution >= 0.6 is 0 Å². The number of anilines is 1. The lowest BCUT2D eigenvalue weighted by Crippen LogP contribution is -2.26. The Kier molecular flexibility index (Phi) is 3.79. The summed E-state index contributed by atoms with van der Waals surface area (Å²) in [6, 6.07) is 19.0. The molecule has 0 amide bonds. The highest BCUT2D eigenvalue weighted by Crippen LogP contribution is 2.31. The van der Waals surface area contributed by atoms with Gasteiger partial charge in [0.25, 0.3) is 0 Å². The molecule has 1 atom stereocenters. The van der Waals surface area contributed by atoms with Crippen LogP contribution in [0.25, 0.3) is 22.1 Å². The minimum absolute atomic E-state index is 0.366. The van der Waals surface area contributed by atoms with Crippen molar-refractivity contribution in [2.45, 2.75) is 19.0 Å². The quantitative estimate of drug-likeness (QED) is 0.605. The molecule has 5 nitrogen and oxygen atoms in total. The summed E-state index contributed by atoms with van der Waals surface area (Å²) in [4.78, 5) is 11.3. The number of hydrogen-bond donors (Lipinski definition) is 1. The van der Waals surface area contributed by atoms with Gasteiger partial charge in [0.1, 0.15) is 17.4 Å². The fourth-order valence-corrected chi connectivity index (χ4v) is 3.76. The van der Waals surface area contributed by atoms with Gasteiger partial charge in [-0.25, -0.2) is 9.97 Å². The summed E-state index contributed by atoms with van der Waals surface area (Å²) in [5, 5.41) is 4.61. The maximum absolute atomic E-state index is 6.02. The first kappa shape index (κ1) is 15.3. The largest absolute Gasteiger partial charge is 0.450 e. The summed E-state index contributed by atoms with van der Waals surface area (Å²) in [6.07, 6.45) is 2.71. The number of benzene rings is 2. The van der Waals surface area contributed by atoms with Gasteiger partial charge >= 0.3 is 0 Å². The number of nitrogens with one attached hydrogen (secondary N) is 1. The molecule has 5 heteroatoms. The summed E-state index contributed by atoms with van der Waals surface area (Å²) in [6.45, 7) is 3.07. The summed E-state index contributed by atoms with van der Waals surface area (Å²) in [5.74, 6) is 0.790. The summed E-state index contributed by atoms with van der Waals surface area (Å²) in [5.41, 5.74) is 3.82. The van der Waals surface area contributed by atoms with E-state index in [2.05, 4.69) is 50.5 Å². The molecule has 3 heterocycles. The van der Waals surface area contributed by atoms with Crippen LogP contribution in [-0.2, 0) is 6.54 Å². The Morgan fingerprint density at radius 1 is 1.04 bits per heavy atom. The molecule has 2 aromatic heterocycles. The van der Waals surface area contributed by atoms with E-state index in [0.29, 0.717) is 6.04 Å². The van der Waals surface area contributed by atoms with E-state index in [1.54, 1.807) is 6.33 Å². The van der Waals surface area contributed by atoms with E-state index in [0.717, 1.165) is 53.9 Å². The smallest absolute Gasteiger partial charge is 0.196 e. The van der Waals surface area contributed by atoms with Gasteiger partial charge in [0.2, 0.25) is 0 Å². The number of aromatic nitrogens is 2. The standard InChI is InChI=1S/C21H20N4O/c1-2-6-15(7-3-1)12-25-11-10-16(13-25)24-21-20-19(22-14-23-21)17-8-4-5-9-18(17)26-20/h1-9,14,16H,10-13H2,(H,22,23,24)/t16-/m0/s1. The normalized spacial score (nSPS) is 17.9. The monoisotopic (exact) mass is 344 g/mol. The molecule has 0 aliphatic carbocycles. The Balaban J connectivity index is 1.35. The first-order valence-corrected chi connectivity index (χ1v) is 9.02. The molecule has 2 aromatic carbocycles. The van der Waals surface area contributed by atoms with Crippen LogP contribution in [0.5, 0.6) is 0 Å². The van der Waals surface area contributed by atoms with Crippen molar-refractivity contribution in [3.8, 4) is 0 Å². The number of rotatable bonds is 4. The van der Waals surface area contributed by atoms with Crippen molar-refractivity contribution >= 4 is 27.9 Å². The third kappa shape index (κ3) is 2.80. The van der Waals surface area contributed by atoms with E-state index in [-0.39, 0.29) is 0 Å². The van der Waals surface area contributed by atoms with Gasteiger partial charge in [0.15, 0.2) is 11.4 Å². The van der Waals surface area contributed by atoms with Crippen LogP contribution in [0.4, 0.5) is 5.82 Å². The van der Waals surface area contributed by atoms with Crippen LogP contribution in [0.3, 0.4) is 0 Å². The van der Waals surface area contributed by atoms with Crippen molar-refractivity contribution in [3.05, 3.63) is 66.5 Å². The zero-order chi connectivity index (χ0) is 17.3. The lowest BCUT2D eigenvalue weighted by Gasteiger charge is -2.17. The van der Waals surface area contributed by atoms with Crippen molar-refractivity contribution in [2.75, 3.05) is 18.4 Å². The van der Waals surface area contributed by atoms with Gasteiger partial charge in [0.05, 0.1) is 0 Å². The lowest BCUT2D eigenvalue weighted by atomic mass is 10.2. The number of hydrogen-bond acceptors (Lipinski definition) is 5. The van der Waals surface area contributed by atoms with E-state index in [9.17, 15) is 0 Å². The highest BCUT2D eigenvalue weighted by molar-refractivity contribution is 6.05. The van der Waals surface area contributed by atoms with Gasteiger partial charge in [-0.3, -0.25) is 4.90 Å². The van der Waals surface area contributed by atoms with Crippen LogP contribution in [0.1, 0.15) is 12.0 Å². The van der Waals surface area contributed by atoms with Crippen molar-refractivity contribution in [1.82, 2.24) is 14.9 Å². The van der Waals surface area contributed by atoms with Crippen molar-refractivity contribution in [2.24, 2.45) is 0 Å². The fraction of sp³-hybridized carbons (Fsp3) is 0.238. The number of fused-ring (bicyclic) bond motifs is 3. The molecular weight excluding hydrogens is 324 g/mol. The van der Waals surface area contributed by atoms with Crippen LogP contribution < -0.4 is 5.32 Å². The maximum atomic E-state index is 6.02. The van der Waals surface area contributed by atoms with Crippen LogP contribution in [0.15, 0.2) is 65.3 Å². The second kappa shape index (κ2) is 6.42. The number of para-hydroxylation sites is 1. The molecule has 1 aliphatic rings. The Morgan fingerprint density at radius 2 is 1.88 bits per heavy atom. The first-order valence-electron chi connectivity index (χ1n) is 9.02. The lowest BCUT2D eigenvalue weighted by molar-refractivity contribution is 0.328. The van der Waals surface area contributed by atoms with Gasteiger partial charge in [-0.1, -0.05) is 42.5 Å². The highest BCUT2D eigenvalue weighted by Gasteiger charge is 2.24.